The minimum atomic E-state index is -1.65. The Morgan fingerprint density at radius 1 is 0.817 bits per heavy atom. The lowest BCUT2D eigenvalue weighted by Crippen LogP contribution is -2.61. The molecule has 23 heteroatoms. The van der Waals surface area contributed by atoms with Gasteiger partial charge in [0.15, 0.2) is 0 Å². The zero-order chi connectivity index (χ0) is 44.9. The van der Waals surface area contributed by atoms with E-state index in [0.29, 0.717) is 24.8 Å². The number of hydrogen-bond acceptors (Lipinski definition) is 13. The number of hydrogen-bond donors (Lipinski definition) is 12. The smallest absolute Gasteiger partial charge is 0.325 e. The number of rotatable bonds is 25. The summed E-state index contributed by atoms with van der Waals surface area (Å²) in [6.45, 7) is 1.40. The molecule has 1 aromatic carbocycles. The van der Waals surface area contributed by atoms with Gasteiger partial charge >= 0.3 is 5.97 Å². The number of aliphatic hydroxyl groups excluding tert-OH is 1. The van der Waals surface area contributed by atoms with E-state index in [1.54, 1.807) is 30.3 Å². The van der Waals surface area contributed by atoms with Gasteiger partial charge in [-0.2, -0.15) is 12.6 Å². The first-order valence-corrected chi connectivity index (χ1v) is 19.9. The maximum absolute atomic E-state index is 13.8. The van der Waals surface area contributed by atoms with Gasteiger partial charge in [0.2, 0.25) is 53.2 Å². The van der Waals surface area contributed by atoms with E-state index in [-0.39, 0.29) is 38.1 Å². The molecule has 22 nitrogen and oxygen atoms in total. The summed E-state index contributed by atoms with van der Waals surface area (Å²) in [6, 6.07) is -1.15. The molecule has 0 aliphatic carbocycles. The van der Waals surface area contributed by atoms with Crippen LogP contribution < -0.4 is 48.7 Å². The third-order valence-electron chi connectivity index (χ3n) is 9.23. The summed E-state index contributed by atoms with van der Waals surface area (Å²) in [5.74, 6) is -9.10. The van der Waals surface area contributed by atoms with Crippen LogP contribution in [0.1, 0.15) is 57.9 Å². The van der Waals surface area contributed by atoms with Gasteiger partial charge in [0.25, 0.3) is 0 Å². The second-order valence-corrected chi connectivity index (χ2v) is 14.4. The highest BCUT2D eigenvalue weighted by Crippen LogP contribution is 2.20. The molecule has 2 rings (SSSR count). The Morgan fingerprint density at radius 3 is 1.98 bits per heavy atom. The van der Waals surface area contributed by atoms with Crippen LogP contribution in [0.5, 0.6) is 0 Å². The van der Waals surface area contributed by atoms with Crippen LogP contribution in [0.3, 0.4) is 0 Å². The Balaban J connectivity index is 2.28. The van der Waals surface area contributed by atoms with Crippen molar-refractivity contribution in [2.24, 2.45) is 11.5 Å². The standard InChI is InChI=1S/C37H56N10O12S/c1-20(37(58)59)41-35(56)28-12-8-14-47(28)36(57)23(11-6-7-13-38)43-33(54)26(18-48)45-31(52)24(15-22-9-4-3-5-10-22)44-34(55)27(19-60)46-32(53)25(16-29(39)50)42-30(51)17-40-21(2)49/h3-5,9-10,20,23-28,48,60H,6-8,11-19,38H2,1-2H3,(H2,39,50)(H,40,49)(H,41,56)(H,42,51)(H,43,54)(H,44,55)(H,45,52)(H,46,53)(H,58,59)/t20-,23-,24-,25-,26-,27-,28-/m0/s1. The summed E-state index contributed by atoms with van der Waals surface area (Å²) >= 11 is 4.14. The monoisotopic (exact) mass is 864 g/mol. The number of unbranched alkanes of at least 4 members (excludes halogenated alkanes) is 1. The number of amides is 9. The van der Waals surface area contributed by atoms with Gasteiger partial charge in [-0.25, -0.2) is 0 Å². The number of carboxylic acids is 1. The number of nitrogens with one attached hydrogen (secondary N) is 7. The fourth-order valence-electron chi connectivity index (χ4n) is 6.02. The third-order valence-corrected chi connectivity index (χ3v) is 9.60. The lowest BCUT2D eigenvalue weighted by Gasteiger charge is -2.30. The van der Waals surface area contributed by atoms with Gasteiger partial charge in [-0.05, 0) is 51.1 Å². The van der Waals surface area contributed by atoms with Crippen molar-refractivity contribution in [1.29, 1.82) is 0 Å². The zero-order valence-corrected chi connectivity index (χ0v) is 34.3. The largest absolute Gasteiger partial charge is 0.480 e. The number of carbonyl (C=O) groups excluding carboxylic acids is 9. The lowest BCUT2D eigenvalue weighted by atomic mass is 10.0. The molecule has 1 heterocycles. The van der Waals surface area contributed by atoms with Crippen molar-refractivity contribution in [2.75, 3.05) is 32.0 Å². The lowest BCUT2D eigenvalue weighted by molar-refractivity contribution is -0.144. The van der Waals surface area contributed by atoms with E-state index in [9.17, 15) is 58.2 Å². The van der Waals surface area contributed by atoms with E-state index < -0.39 is 121 Å². The van der Waals surface area contributed by atoms with Crippen molar-refractivity contribution < 1.29 is 58.2 Å². The van der Waals surface area contributed by atoms with Gasteiger partial charge in [-0.3, -0.25) is 47.9 Å². The summed E-state index contributed by atoms with van der Waals surface area (Å²) in [7, 11) is 0. The molecule has 0 radical (unpaired) electrons. The summed E-state index contributed by atoms with van der Waals surface area (Å²) < 4.78 is 0. The number of carboxylic acid groups (broad SMARTS) is 1. The number of carbonyl (C=O) groups is 10. The maximum atomic E-state index is 13.8. The molecule has 1 aromatic rings. The van der Waals surface area contributed by atoms with E-state index >= 15 is 0 Å². The van der Waals surface area contributed by atoms with E-state index in [2.05, 4.69) is 49.8 Å². The Bertz CT molecular complexity index is 1700. The first-order valence-electron chi connectivity index (χ1n) is 19.2. The molecule has 1 saturated heterocycles. The summed E-state index contributed by atoms with van der Waals surface area (Å²) in [5, 5.41) is 36.2. The fourth-order valence-corrected chi connectivity index (χ4v) is 6.28. The molecule has 0 bridgehead atoms. The molecule has 1 aliphatic rings. The molecule has 7 atom stereocenters. The van der Waals surface area contributed by atoms with Crippen LogP contribution in [-0.4, -0.2) is 149 Å². The number of primary amides is 1. The molecular weight excluding hydrogens is 809 g/mol. The van der Waals surface area contributed by atoms with Crippen LogP contribution >= 0.6 is 12.6 Å². The number of nitrogens with two attached hydrogens (primary N) is 2. The second-order valence-electron chi connectivity index (χ2n) is 14.0. The SMILES string of the molecule is CC(=O)NCC(=O)N[C@@H](CC(N)=O)C(=O)N[C@@H](CS)C(=O)N[C@@H](Cc1ccccc1)C(=O)N[C@@H](CO)C(=O)N[C@@H](CCCCN)C(=O)N1CCC[C@H]1C(=O)N[C@@H](C)C(=O)O. The third kappa shape index (κ3) is 16.8. The average molecular weight is 865 g/mol. The maximum Gasteiger partial charge on any atom is 0.325 e. The highest BCUT2D eigenvalue weighted by molar-refractivity contribution is 7.80. The van der Waals surface area contributed by atoms with Crippen LogP contribution in [0.4, 0.5) is 0 Å². The van der Waals surface area contributed by atoms with E-state index in [4.69, 9.17) is 11.5 Å². The van der Waals surface area contributed by atoms with Crippen molar-refractivity contribution in [1.82, 2.24) is 42.1 Å². The van der Waals surface area contributed by atoms with Gasteiger partial charge in [0.05, 0.1) is 19.6 Å². The van der Waals surface area contributed by atoms with Gasteiger partial charge in [-0.1, -0.05) is 30.3 Å². The molecule has 13 N–H and O–H groups in total. The minimum Gasteiger partial charge on any atom is -0.480 e. The first-order chi connectivity index (χ1) is 28.4. The number of nitrogens with zero attached hydrogens (tertiary/aromatic N) is 1. The molecule has 9 amide bonds. The van der Waals surface area contributed by atoms with Crippen LogP contribution in [0, 0.1) is 0 Å². The molecule has 60 heavy (non-hydrogen) atoms. The van der Waals surface area contributed by atoms with Crippen molar-refractivity contribution in [3.05, 3.63) is 35.9 Å². The van der Waals surface area contributed by atoms with Crippen molar-refractivity contribution in [3.8, 4) is 0 Å². The second kappa shape index (κ2) is 25.6. The molecule has 0 spiro atoms. The van der Waals surface area contributed by atoms with Crippen LogP contribution in [0.15, 0.2) is 30.3 Å². The molecule has 1 aliphatic heterocycles. The molecule has 0 saturated carbocycles. The molecule has 1 fully saturated rings. The molecule has 0 aromatic heterocycles. The van der Waals surface area contributed by atoms with E-state index in [1.165, 1.54) is 11.8 Å². The normalized spacial score (nSPS) is 16.4. The predicted octanol–water partition coefficient (Wildman–Crippen LogP) is -4.70. The Morgan fingerprint density at radius 2 is 1.40 bits per heavy atom. The fraction of sp³-hybridized carbons (Fsp3) is 0.568. The minimum absolute atomic E-state index is 0.0764. The van der Waals surface area contributed by atoms with Gasteiger partial charge < -0.3 is 63.8 Å². The summed E-state index contributed by atoms with van der Waals surface area (Å²) in [6.07, 6.45) is 0.807. The van der Waals surface area contributed by atoms with Crippen molar-refractivity contribution in [3.63, 3.8) is 0 Å². The number of thiol groups is 1. The van der Waals surface area contributed by atoms with Gasteiger partial charge in [0.1, 0.15) is 42.3 Å². The molecule has 332 valence electrons. The Kier molecular flexibility index (Phi) is 21.5. The quantitative estimate of drug-likeness (QED) is 0.0325. The predicted molar refractivity (Wildman–Crippen MR) is 216 cm³/mol. The first kappa shape index (κ1) is 50.3. The summed E-state index contributed by atoms with van der Waals surface area (Å²) in [5.41, 5.74) is 11.5. The van der Waals surface area contributed by atoms with Gasteiger partial charge in [-0.15, -0.1) is 0 Å². The van der Waals surface area contributed by atoms with Crippen molar-refractivity contribution >= 4 is 71.8 Å². The Hall–Kier alpha value is -5.81. The van der Waals surface area contributed by atoms with Crippen LogP contribution in [0.25, 0.3) is 0 Å². The van der Waals surface area contributed by atoms with Gasteiger partial charge in [0, 0.05) is 25.6 Å². The summed E-state index contributed by atoms with van der Waals surface area (Å²) in [4.78, 5) is 129. The highest BCUT2D eigenvalue weighted by atomic mass is 32.1. The topological polar surface area (TPSA) is 351 Å². The van der Waals surface area contributed by atoms with E-state index in [1.807, 2.05) is 0 Å². The molecular formula is C37H56N10O12S. The number of aliphatic hydroxyl groups is 1. The number of likely N-dealkylation sites (tertiary alicyclic amines) is 1. The number of benzene rings is 1. The van der Waals surface area contributed by atoms with Crippen LogP contribution in [0.2, 0.25) is 0 Å². The highest BCUT2D eigenvalue weighted by Gasteiger charge is 2.39. The van der Waals surface area contributed by atoms with Crippen LogP contribution in [-0.2, 0) is 54.4 Å². The zero-order valence-electron chi connectivity index (χ0n) is 33.4. The number of aliphatic carboxylic acids is 1. The molecule has 0 unspecified atom stereocenters. The average Bonchev–Trinajstić information content (AvgIpc) is 3.70. The van der Waals surface area contributed by atoms with Crippen molar-refractivity contribution in [2.45, 2.75) is 101 Å². The van der Waals surface area contributed by atoms with E-state index in [0.717, 1.165) is 6.92 Å². The Labute approximate surface area is 351 Å².